The predicted octanol–water partition coefficient (Wildman–Crippen LogP) is 3.67. The first-order valence-electron chi connectivity index (χ1n) is 9.30. The average molecular weight is 280 g/mol. The lowest BCUT2D eigenvalue weighted by Crippen LogP contribution is -2.53. The molecule has 5 saturated carbocycles. The van der Waals surface area contributed by atoms with E-state index in [1.165, 1.54) is 19.3 Å². The van der Waals surface area contributed by atoms with Gasteiger partial charge in [0.1, 0.15) is 0 Å². The van der Waals surface area contributed by atoms with Crippen LogP contribution in [0.4, 0.5) is 0 Å². The van der Waals surface area contributed by atoms with Crippen LogP contribution in [0.1, 0.15) is 26.2 Å². The van der Waals surface area contributed by atoms with Crippen molar-refractivity contribution in [3.63, 3.8) is 0 Å². The van der Waals surface area contributed by atoms with Crippen molar-refractivity contribution in [2.75, 3.05) is 0 Å². The average Bonchev–Trinajstić information content (AvgIpc) is 3.02. The van der Waals surface area contributed by atoms with Crippen molar-refractivity contribution in [2.45, 2.75) is 37.9 Å². The van der Waals surface area contributed by atoms with Crippen molar-refractivity contribution in [1.82, 2.24) is 0 Å². The van der Waals surface area contributed by atoms with Gasteiger partial charge in [0.05, 0.1) is 11.7 Å². The maximum absolute atomic E-state index is 6.39. The van der Waals surface area contributed by atoms with Crippen LogP contribution in [0.15, 0.2) is 24.3 Å². The lowest BCUT2D eigenvalue weighted by atomic mass is 9.62. The van der Waals surface area contributed by atoms with Gasteiger partial charge in [0, 0.05) is 5.92 Å². The molecule has 0 aromatic carbocycles. The molecule has 1 heteroatoms. The van der Waals surface area contributed by atoms with Gasteiger partial charge in [-0.3, -0.25) is 0 Å². The van der Waals surface area contributed by atoms with Crippen molar-refractivity contribution < 1.29 is 4.74 Å². The molecule has 9 rings (SSSR count). The Morgan fingerprint density at radius 3 is 2.48 bits per heavy atom. The predicted molar refractivity (Wildman–Crippen MR) is 80.3 cm³/mol. The zero-order valence-electron chi connectivity index (χ0n) is 12.7. The molecule has 1 aliphatic heterocycles. The highest BCUT2D eigenvalue weighted by Crippen LogP contribution is 2.74. The largest absolute Gasteiger partial charge is 0.371 e. The van der Waals surface area contributed by atoms with Crippen molar-refractivity contribution in [3.8, 4) is 0 Å². The van der Waals surface area contributed by atoms with E-state index in [-0.39, 0.29) is 0 Å². The van der Waals surface area contributed by atoms with Crippen LogP contribution in [-0.4, -0.2) is 11.7 Å². The van der Waals surface area contributed by atoms with E-state index in [0.29, 0.717) is 11.7 Å². The summed E-state index contributed by atoms with van der Waals surface area (Å²) in [4.78, 5) is 0. The number of rotatable bonds is 0. The second kappa shape index (κ2) is 3.07. The first kappa shape index (κ1) is 11.0. The molecule has 10 unspecified atom stereocenters. The fourth-order valence-electron chi connectivity index (χ4n) is 8.43. The molecular weight excluding hydrogens is 256 g/mol. The molecule has 1 heterocycles. The summed E-state index contributed by atoms with van der Waals surface area (Å²) < 4.78 is 6.39. The molecule has 1 saturated heterocycles. The molecular formula is C20H24O. The van der Waals surface area contributed by atoms with Gasteiger partial charge in [0.2, 0.25) is 0 Å². The normalized spacial score (nSPS) is 73.5. The summed E-state index contributed by atoms with van der Waals surface area (Å²) in [5.74, 6) is 9.28. The highest BCUT2D eigenvalue weighted by atomic mass is 16.5. The molecule has 0 radical (unpaired) electrons. The molecule has 0 aromatic heterocycles. The van der Waals surface area contributed by atoms with Gasteiger partial charge in [0.25, 0.3) is 0 Å². The van der Waals surface area contributed by atoms with E-state index in [2.05, 4.69) is 31.2 Å². The highest BCUT2D eigenvalue weighted by Gasteiger charge is 2.76. The molecule has 21 heavy (non-hydrogen) atoms. The van der Waals surface area contributed by atoms with E-state index >= 15 is 0 Å². The van der Waals surface area contributed by atoms with Crippen LogP contribution in [-0.2, 0) is 4.74 Å². The van der Waals surface area contributed by atoms with Crippen LogP contribution >= 0.6 is 0 Å². The zero-order valence-corrected chi connectivity index (χ0v) is 12.7. The number of ether oxygens (including phenoxy) is 1. The Morgan fingerprint density at radius 1 is 0.905 bits per heavy atom. The van der Waals surface area contributed by atoms with Crippen LogP contribution in [0.2, 0.25) is 0 Å². The van der Waals surface area contributed by atoms with E-state index in [4.69, 9.17) is 4.74 Å². The van der Waals surface area contributed by atoms with Gasteiger partial charge in [-0.25, -0.2) is 0 Å². The van der Waals surface area contributed by atoms with E-state index < -0.39 is 0 Å². The third-order valence-corrected chi connectivity index (χ3v) is 9.11. The van der Waals surface area contributed by atoms with E-state index in [9.17, 15) is 0 Å². The quantitative estimate of drug-likeness (QED) is 0.615. The molecule has 1 nitrogen and oxygen atoms in total. The Morgan fingerprint density at radius 2 is 1.71 bits per heavy atom. The van der Waals surface area contributed by atoms with Crippen molar-refractivity contribution >= 4 is 0 Å². The Kier molecular flexibility index (Phi) is 1.61. The monoisotopic (exact) mass is 280 g/mol. The second-order valence-corrected chi connectivity index (χ2v) is 9.44. The Bertz CT molecular complexity index is 585. The van der Waals surface area contributed by atoms with Crippen molar-refractivity contribution in [3.05, 3.63) is 24.3 Å². The van der Waals surface area contributed by atoms with E-state index in [0.717, 1.165) is 59.2 Å². The van der Waals surface area contributed by atoms with Gasteiger partial charge in [-0.1, -0.05) is 24.3 Å². The summed E-state index contributed by atoms with van der Waals surface area (Å²) in [6.45, 7) is 2.45. The van der Waals surface area contributed by atoms with E-state index in [1.54, 1.807) is 0 Å². The van der Waals surface area contributed by atoms with Gasteiger partial charge in [-0.05, 0) is 79.4 Å². The Hall–Kier alpha value is -0.560. The fourth-order valence-corrected chi connectivity index (χ4v) is 8.43. The molecule has 110 valence electrons. The molecule has 9 aliphatic rings. The smallest absolute Gasteiger partial charge is 0.0745 e. The van der Waals surface area contributed by atoms with Crippen LogP contribution in [0.25, 0.3) is 0 Å². The summed E-state index contributed by atoms with van der Waals surface area (Å²) in [6.07, 6.45) is 15.5. The van der Waals surface area contributed by atoms with Crippen LogP contribution in [0, 0.1) is 59.2 Å². The summed E-state index contributed by atoms with van der Waals surface area (Å²) in [6, 6.07) is 0. The molecule has 6 fully saturated rings. The Balaban J connectivity index is 1.36. The van der Waals surface area contributed by atoms with Gasteiger partial charge >= 0.3 is 0 Å². The van der Waals surface area contributed by atoms with Gasteiger partial charge in [-0.15, -0.1) is 0 Å². The lowest BCUT2D eigenvalue weighted by Gasteiger charge is -2.50. The van der Waals surface area contributed by atoms with Gasteiger partial charge in [0.15, 0.2) is 0 Å². The minimum Gasteiger partial charge on any atom is -0.371 e. The molecule has 0 amide bonds. The fraction of sp³-hybridized carbons (Fsp3) is 0.800. The molecule has 0 N–H and O–H groups in total. The summed E-state index contributed by atoms with van der Waals surface area (Å²) >= 11 is 0. The van der Waals surface area contributed by atoms with Crippen LogP contribution < -0.4 is 0 Å². The standard InChI is InChI=1S/C20H24O/c1-20-16-7-10-6-14-13(8-15(16)19(21-20)18(10)20)9-2-4-11-12(5-3-9)17(11)14/h2-5,9-19H,6-8H2,1H3. The number of hydrogen-bond donors (Lipinski definition) is 0. The third kappa shape index (κ3) is 1.01. The maximum Gasteiger partial charge on any atom is 0.0745 e. The van der Waals surface area contributed by atoms with E-state index in [1.807, 2.05) is 0 Å². The first-order valence-corrected chi connectivity index (χ1v) is 9.30. The first-order chi connectivity index (χ1) is 10.3. The number of allylic oxidation sites excluding steroid dienone is 4. The summed E-state index contributed by atoms with van der Waals surface area (Å²) in [5.41, 5.74) is 0.303. The minimum atomic E-state index is 0.303. The van der Waals surface area contributed by atoms with Gasteiger partial charge in [-0.2, -0.15) is 0 Å². The Labute approximate surface area is 126 Å². The number of hydrogen-bond acceptors (Lipinski definition) is 1. The molecule has 10 bridgehead atoms. The minimum absolute atomic E-state index is 0.303. The summed E-state index contributed by atoms with van der Waals surface area (Å²) in [5, 5.41) is 0. The highest BCUT2D eigenvalue weighted by molar-refractivity contribution is 5.30. The maximum atomic E-state index is 6.39. The molecule has 8 aliphatic carbocycles. The molecule has 0 aromatic rings. The van der Waals surface area contributed by atoms with Gasteiger partial charge < -0.3 is 4.74 Å². The van der Waals surface area contributed by atoms with Crippen molar-refractivity contribution in [1.29, 1.82) is 0 Å². The zero-order chi connectivity index (χ0) is 13.5. The lowest BCUT2D eigenvalue weighted by molar-refractivity contribution is -0.217. The topological polar surface area (TPSA) is 9.23 Å². The van der Waals surface area contributed by atoms with Crippen LogP contribution in [0.3, 0.4) is 0 Å². The molecule has 0 spiro atoms. The van der Waals surface area contributed by atoms with Crippen molar-refractivity contribution in [2.24, 2.45) is 59.2 Å². The summed E-state index contributed by atoms with van der Waals surface area (Å²) in [7, 11) is 0. The van der Waals surface area contributed by atoms with Crippen LogP contribution in [0.5, 0.6) is 0 Å². The SMILES string of the molecule is CC12OC3C4CC5C6C=CC7C(C=C6)C7C5CC(CC41)C32. The third-order valence-electron chi connectivity index (χ3n) is 9.11. The second-order valence-electron chi connectivity index (χ2n) is 9.44. The molecule has 10 atom stereocenters.